The van der Waals surface area contributed by atoms with Gasteiger partial charge in [0.15, 0.2) is 0 Å². The maximum absolute atomic E-state index is 9.23. The van der Waals surface area contributed by atoms with Crippen LogP contribution in [0.25, 0.3) is 10.9 Å². The van der Waals surface area contributed by atoms with Crippen molar-refractivity contribution in [3.8, 4) is 6.07 Å². The lowest BCUT2D eigenvalue weighted by atomic mass is 10.2. The number of nitriles is 1. The van der Waals surface area contributed by atoms with E-state index in [0.29, 0.717) is 28.9 Å². The largest absolute Gasteiger partial charge is 0.399 e. The van der Waals surface area contributed by atoms with Crippen LogP contribution in [0.4, 0.5) is 23.1 Å². The molecule has 0 bridgehead atoms. The number of nitrogens with two attached hydrogens (primary N) is 1. The van der Waals surface area contributed by atoms with Gasteiger partial charge in [0, 0.05) is 35.9 Å². The van der Waals surface area contributed by atoms with Gasteiger partial charge in [-0.05, 0) is 49.7 Å². The molecular formula is C25H33Cl2N7. The van der Waals surface area contributed by atoms with Crippen molar-refractivity contribution >= 4 is 58.9 Å². The van der Waals surface area contributed by atoms with E-state index in [1.54, 1.807) is 18.2 Å². The van der Waals surface area contributed by atoms with Crippen molar-refractivity contribution in [2.24, 2.45) is 0 Å². The fourth-order valence-electron chi connectivity index (χ4n) is 4.25. The van der Waals surface area contributed by atoms with Gasteiger partial charge in [-0.2, -0.15) is 10.2 Å². The summed E-state index contributed by atoms with van der Waals surface area (Å²) in [5.41, 5.74) is 8.57. The van der Waals surface area contributed by atoms with E-state index in [-0.39, 0.29) is 24.8 Å². The highest BCUT2D eigenvalue weighted by molar-refractivity contribution is 5.91. The number of aromatic nitrogens is 2. The second-order valence-electron chi connectivity index (χ2n) is 8.41. The summed E-state index contributed by atoms with van der Waals surface area (Å²) >= 11 is 0. The van der Waals surface area contributed by atoms with Gasteiger partial charge >= 0.3 is 0 Å². The van der Waals surface area contributed by atoms with Gasteiger partial charge in [-0.15, -0.1) is 24.8 Å². The summed E-state index contributed by atoms with van der Waals surface area (Å²) in [6.07, 6.45) is 6.21. The van der Waals surface area contributed by atoms with Crippen LogP contribution in [0.1, 0.15) is 44.6 Å². The molecule has 4 N–H and O–H groups in total. The van der Waals surface area contributed by atoms with Gasteiger partial charge in [-0.1, -0.05) is 38.3 Å². The number of nitrogens with one attached hydrogen (secondary N) is 2. The maximum Gasteiger partial charge on any atom is 0.229 e. The van der Waals surface area contributed by atoms with Gasteiger partial charge in [-0.25, -0.2) is 4.98 Å². The molecule has 0 spiro atoms. The number of hydrogen-bond donors (Lipinski definition) is 3. The van der Waals surface area contributed by atoms with E-state index in [2.05, 4.69) is 34.6 Å². The van der Waals surface area contributed by atoms with Gasteiger partial charge in [-0.3, -0.25) is 0 Å². The second kappa shape index (κ2) is 13.2. The first kappa shape index (κ1) is 27.5. The summed E-state index contributed by atoms with van der Waals surface area (Å²) in [5, 5.41) is 17.2. The molecule has 1 aromatic heterocycles. The Kier molecular flexibility index (Phi) is 10.6. The van der Waals surface area contributed by atoms with Crippen LogP contribution in [-0.2, 0) is 0 Å². The van der Waals surface area contributed by atoms with Crippen molar-refractivity contribution in [2.75, 3.05) is 35.6 Å². The third-order valence-electron chi connectivity index (χ3n) is 5.87. The molecule has 2 aromatic carbocycles. The van der Waals surface area contributed by atoms with Crippen molar-refractivity contribution in [3.63, 3.8) is 0 Å². The molecule has 34 heavy (non-hydrogen) atoms. The number of para-hydroxylation sites is 1. The molecule has 1 saturated heterocycles. The smallest absolute Gasteiger partial charge is 0.229 e. The summed E-state index contributed by atoms with van der Waals surface area (Å²) in [6.45, 7) is 5.22. The fraction of sp³-hybridized carbons (Fsp3) is 0.400. The Labute approximate surface area is 214 Å². The highest BCUT2D eigenvalue weighted by Crippen LogP contribution is 2.29. The Morgan fingerprint density at radius 3 is 2.74 bits per heavy atom. The summed E-state index contributed by atoms with van der Waals surface area (Å²) in [4.78, 5) is 11.9. The highest BCUT2D eigenvalue weighted by Gasteiger charge is 2.25. The summed E-state index contributed by atoms with van der Waals surface area (Å²) < 4.78 is 0. The lowest BCUT2D eigenvalue weighted by Crippen LogP contribution is -2.33. The molecule has 0 radical (unpaired) electrons. The lowest BCUT2D eigenvalue weighted by Gasteiger charge is -2.21. The number of halogens is 2. The Hall–Kier alpha value is -2.79. The van der Waals surface area contributed by atoms with E-state index in [4.69, 9.17) is 15.7 Å². The van der Waals surface area contributed by atoms with Crippen LogP contribution >= 0.6 is 24.8 Å². The van der Waals surface area contributed by atoms with Gasteiger partial charge in [0.25, 0.3) is 0 Å². The number of anilines is 4. The van der Waals surface area contributed by atoms with E-state index >= 15 is 0 Å². The van der Waals surface area contributed by atoms with Crippen LogP contribution in [0.3, 0.4) is 0 Å². The molecule has 0 amide bonds. The number of hydrogen-bond acceptors (Lipinski definition) is 7. The molecule has 1 aliphatic rings. The van der Waals surface area contributed by atoms with Crippen LogP contribution in [-0.4, -0.2) is 35.6 Å². The lowest BCUT2D eigenvalue weighted by molar-refractivity contribution is 0.522. The molecule has 2 heterocycles. The monoisotopic (exact) mass is 501 g/mol. The SMILES string of the molecule is CCCCCCN[C@H]1CCN(c2nc(Nc3cc(N)cc(C#N)c3)nc3ccccc23)C1.Cl.Cl. The normalized spacial score (nSPS) is 14.8. The predicted molar refractivity (Wildman–Crippen MR) is 146 cm³/mol. The zero-order valence-electron chi connectivity index (χ0n) is 19.5. The third kappa shape index (κ3) is 6.86. The minimum atomic E-state index is 0. The minimum absolute atomic E-state index is 0. The van der Waals surface area contributed by atoms with E-state index in [9.17, 15) is 5.26 Å². The van der Waals surface area contributed by atoms with Crippen molar-refractivity contribution in [1.29, 1.82) is 5.26 Å². The summed E-state index contributed by atoms with van der Waals surface area (Å²) in [6, 6.07) is 15.9. The van der Waals surface area contributed by atoms with E-state index in [1.807, 2.05) is 18.2 Å². The van der Waals surface area contributed by atoms with E-state index < -0.39 is 0 Å². The second-order valence-corrected chi connectivity index (χ2v) is 8.41. The summed E-state index contributed by atoms with van der Waals surface area (Å²) in [5.74, 6) is 1.45. The van der Waals surface area contributed by atoms with Crippen LogP contribution in [0.2, 0.25) is 0 Å². The first-order chi connectivity index (χ1) is 15.7. The molecule has 1 fully saturated rings. The van der Waals surface area contributed by atoms with Gasteiger partial charge < -0.3 is 21.3 Å². The van der Waals surface area contributed by atoms with E-state index in [0.717, 1.165) is 42.8 Å². The van der Waals surface area contributed by atoms with Gasteiger partial charge in [0.1, 0.15) is 5.82 Å². The molecule has 0 aliphatic carbocycles. The van der Waals surface area contributed by atoms with Crippen LogP contribution < -0.4 is 21.3 Å². The molecule has 4 rings (SSSR count). The molecular weight excluding hydrogens is 469 g/mol. The molecule has 7 nitrogen and oxygen atoms in total. The number of nitrogen functional groups attached to an aromatic ring is 1. The quantitative estimate of drug-likeness (QED) is 0.265. The number of rotatable bonds is 9. The Balaban J connectivity index is 0.00000204. The Morgan fingerprint density at radius 1 is 1.12 bits per heavy atom. The zero-order chi connectivity index (χ0) is 22.3. The molecule has 3 aromatic rings. The van der Waals surface area contributed by atoms with Crippen molar-refractivity contribution in [3.05, 3.63) is 48.0 Å². The first-order valence-corrected chi connectivity index (χ1v) is 11.5. The van der Waals surface area contributed by atoms with Crippen LogP contribution in [0.15, 0.2) is 42.5 Å². The molecule has 182 valence electrons. The number of fused-ring (bicyclic) bond motifs is 1. The Bertz CT molecular complexity index is 1120. The molecule has 9 heteroatoms. The molecule has 0 saturated carbocycles. The standard InChI is InChI=1S/C25H31N7.2ClH/c1-2-3-4-7-11-28-20-10-12-32(17-20)24-22-8-5-6-9-23(22)30-25(31-24)29-21-14-18(16-26)13-19(27)15-21;;/h5-6,8-9,13-15,20,28H,2-4,7,10-12,17,27H2,1H3,(H,29,30,31);2*1H/t20-;;/m0../s1. The van der Waals surface area contributed by atoms with Crippen molar-refractivity contribution < 1.29 is 0 Å². The number of benzene rings is 2. The van der Waals surface area contributed by atoms with Crippen LogP contribution in [0, 0.1) is 11.3 Å². The first-order valence-electron chi connectivity index (χ1n) is 11.5. The third-order valence-corrected chi connectivity index (χ3v) is 5.87. The average Bonchev–Trinajstić information content (AvgIpc) is 3.27. The highest BCUT2D eigenvalue weighted by atomic mass is 35.5. The minimum Gasteiger partial charge on any atom is -0.399 e. The van der Waals surface area contributed by atoms with Gasteiger partial charge in [0.05, 0.1) is 17.1 Å². The topological polar surface area (TPSA) is 103 Å². The van der Waals surface area contributed by atoms with Crippen molar-refractivity contribution in [2.45, 2.75) is 45.1 Å². The van der Waals surface area contributed by atoms with Crippen LogP contribution in [0.5, 0.6) is 0 Å². The maximum atomic E-state index is 9.23. The zero-order valence-corrected chi connectivity index (χ0v) is 21.1. The molecule has 1 atom stereocenters. The summed E-state index contributed by atoms with van der Waals surface area (Å²) in [7, 11) is 0. The van der Waals surface area contributed by atoms with Crippen molar-refractivity contribution in [1.82, 2.24) is 15.3 Å². The Morgan fingerprint density at radius 2 is 1.94 bits per heavy atom. The fourth-order valence-corrected chi connectivity index (χ4v) is 4.25. The number of nitrogens with zero attached hydrogens (tertiary/aromatic N) is 4. The number of unbranched alkanes of at least 4 members (excludes halogenated alkanes) is 3. The van der Waals surface area contributed by atoms with Gasteiger partial charge in [0.2, 0.25) is 5.95 Å². The predicted octanol–water partition coefficient (Wildman–Crippen LogP) is 5.42. The average molecular weight is 502 g/mol. The van der Waals surface area contributed by atoms with E-state index in [1.165, 1.54) is 25.7 Å². The molecule has 1 aliphatic heterocycles. The molecule has 0 unspecified atom stereocenters.